The van der Waals surface area contributed by atoms with Crippen molar-refractivity contribution in [2.75, 3.05) is 5.33 Å². The van der Waals surface area contributed by atoms with Crippen molar-refractivity contribution in [3.63, 3.8) is 0 Å². The molecule has 76 valence electrons. The summed E-state index contributed by atoms with van der Waals surface area (Å²) in [5.74, 6) is 0. The topological polar surface area (TPSA) is 17.1 Å². The highest BCUT2D eigenvalue weighted by atomic mass is 79.9. The van der Waals surface area contributed by atoms with E-state index in [4.69, 9.17) is 0 Å². The third-order valence-corrected chi connectivity index (χ3v) is 2.53. The normalized spacial score (nSPS) is 10.8. The molecule has 0 fully saturated rings. The highest BCUT2D eigenvalue weighted by Crippen LogP contribution is 2.08. The van der Waals surface area contributed by atoms with Gasteiger partial charge >= 0.3 is 0 Å². The Hall–Kier alpha value is -0.110. The van der Waals surface area contributed by atoms with Crippen LogP contribution in [-0.2, 0) is 4.79 Å². The van der Waals surface area contributed by atoms with E-state index in [0.717, 1.165) is 18.0 Å². The van der Waals surface area contributed by atoms with Gasteiger partial charge in [0.1, 0.15) is 6.29 Å². The Morgan fingerprint density at radius 1 is 0.923 bits per heavy atom. The van der Waals surface area contributed by atoms with Crippen molar-refractivity contribution in [2.45, 2.75) is 44.9 Å². The molecular formula is C11H19BrO. The fourth-order valence-electron chi connectivity index (χ4n) is 1.22. The molecule has 1 nitrogen and oxygen atoms in total. The summed E-state index contributed by atoms with van der Waals surface area (Å²) >= 11 is 3.42. The van der Waals surface area contributed by atoms with Gasteiger partial charge in [0, 0.05) is 5.33 Å². The molecule has 0 bridgehead atoms. The van der Waals surface area contributed by atoms with Gasteiger partial charge in [0.15, 0.2) is 0 Å². The second kappa shape index (κ2) is 11.9. The fourth-order valence-corrected chi connectivity index (χ4v) is 1.61. The van der Waals surface area contributed by atoms with Crippen LogP contribution >= 0.6 is 15.9 Å². The fraction of sp³-hybridized carbons (Fsp3) is 0.727. The van der Waals surface area contributed by atoms with Gasteiger partial charge < -0.3 is 0 Å². The molecule has 0 aliphatic carbocycles. The number of halogens is 1. The summed E-state index contributed by atoms with van der Waals surface area (Å²) in [6, 6.07) is 0. The van der Waals surface area contributed by atoms with Crippen LogP contribution in [0.15, 0.2) is 12.2 Å². The first-order valence-corrected chi connectivity index (χ1v) is 6.20. The number of aldehydes is 1. The number of alkyl halides is 1. The van der Waals surface area contributed by atoms with Crippen LogP contribution in [0.5, 0.6) is 0 Å². The van der Waals surface area contributed by atoms with Crippen molar-refractivity contribution >= 4 is 22.2 Å². The van der Waals surface area contributed by atoms with E-state index in [2.05, 4.69) is 15.9 Å². The van der Waals surface area contributed by atoms with Crippen LogP contribution in [0.3, 0.4) is 0 Å². The zero-order chi connectivity index (χ0) is 9.78. The van der Waals surface area contributed by atoms with E-state index in [1.807, 2.05) is 6.08 Å². The minimum absolute atomic E-state index is 0.843. The van der Waals surface area contributed by atoms with Crippen LogP contribution < -0.4 is 0 Å². The van der Waals surface area contributed by atoms with Gasteiger partial charge in [-0.15, -0.1) is 0 Å². The van der Waals surface area contributed by atoms with E-state index in [1.54, 1.807) is 6.08 Å². The summed E-state index contributed by atoms with van der Waals surface area (Å²) in [4.78, 5) is 9.92. The van der Waals surface area contributed by atoms with E-state index >= 15 is 0 Å². The lowest BCUT2D eigenvalue weighted by molar-refractivity contribution is -0.104. The Kier molecular flexibility index (Phi) is 11.8. The van der Waals surface area contributed by atoms with Crippen LogP contribution in [-0.4, -0.2) is 11.6 Å². The molecule has 0 amide bonds. The van der Waals surface area contributed by atoms with E-state index in [-0.39, 0.29) is 0 Å². The van der Waals surface area contributed by atoms with Gasteiger partial charge in [-0.25, -0.2) is 0 Å². The molecule has 0 rings (SSSR count). The molecule has 0 aliphatic heterocycles. The molecule has 13 heavy (non-hydrogen) atoms. The number of rotatable bonds is 9. The standard InChI is InChI=1S/C11H19BrO/c12-10-8-6-4-2-1-3-5-7-9-11-13/h7,9,11H,1-6,8,10H2/b9-7+. The summed E-state index contributed by atoms with van der Waals surface area (Å²) in [6.07, 6.45) is 13.3. The van der Waals surface area contributed by atoms with Crippen molar-refractivity contribution in [3.8, 4) is 0 Å². The smallest absolute Gasteiger partial charge is 0.142 e. The van der Waals surface area contributed by atoms with E-state index in [9.17, 15) is 4.79 Å². The molecule has 0 aliphatic rings. The summed E-state index contributed by atoms with van der Waals surface area (Å²) in [7, 11) is 0. The van der Waals surface area contributed by atoms with Crippen LogP contribution in [0.1, 0.15) is 44.9 Å². The van der Waals surface area contributed by atoms with Crippen molar-refractivity contribution < 1.29 is 4.79 Å². The zero-order valence-corrected chi connectivity index (χ0v) is 9.76. The van der Waals surface area contributed by atoms with Gasteiger partial charge in [0.25, 0.3) is 0 Å². The molecule has 0 heterocycles. The number of carbonyl (C=O) groups excluding carboxylic acids is 1. The highest BCUT2D eigenvalue weighted by molar-refractivity contribution is 9.09. The summed E-state index contributed by atoms with van der Waals surface area (Å²) in [5.41, 5.74) is 0. The van der Waals surface area contributed by atoms with E-state index in [1.165, 1.54) is 38.5 Å². The van der Waals surface area contributed by atoms with Crippen molar-refractivity contribution in [1.29, 1.82) is 0 Å². The molecule has 0 aromatic heterocycles. The van der Waals surface area contributed by atoms with Crippen LogP contribution in [0.25, 0.3) is 0 Å². The number of allylic oxidation sites excluding steroid dienone is 2. The van der Waals surface area contributed by atoms with Crippen LogP contribution in [0.4, 0.5) is 0 Å². The first kappa shape index (κ1) is 12.9. The molecule has 2 heteroatoms. The Labute approximate surface area is 89.7 Å². The molecule has 0 saturated heterocycles. The minimum Gasteiger partial charge on any atom is -0.299 e. The third-order valence-electron chi connectivity index (χ3n) is 1.97. The lowest BCUT2D eigenvalue weighted by Crippen LogP contribution is -1.80. The first-order chi connectivity index (χ1) is 6.41. The number of unbranched alkanes of at least 4 members (excludes halogenated alkanes) is 6. The number of hydrogen-bond donors (Lipinski definition) is 0. The maximum absolute atomic E-state index is 9.92. The Balaban J connectivity index is 2.91. The van der Waals surface area contributed by atoms with Gasteiger partial charge in [0.05, 0.1) is 0 Å². The first-order valence-electron chi connectivity index (χ1n) is 5.08. The van der Waals surface area contributed by atoms with Gasteiger partial charge in [-0.3, -0.25) is 4.79 Å². The van der Waals surface area contributed by atoms with Crippen molar-refractivity contribution in [2.24, 2.45) is 0 Å². The molecule has 0 unspecified atom stereocenters. The van der Waals surface area contributed by atoms with E-state index < -0.39 is 0 Å². The maximum atomic E-state index is 9.92. The molecule has 0 saturated carbocycles. The SMILES string of the molecule is O=C/C=C/CCCCCCCCBr. The average molecular weight is 247 g/mol. The monoisotopic (exact) mass is 246 g/mol. The lowest BCUT2D eigenvalue weighted by atomic mass is 10.1. The zero-order valence-electron chi connectivity index (χ0n) is 8.18. The summed E-state index contributed by atoms with van der Waals surface area (Å²) < 4.78 is 0. The van der Waals surface area contributed by atoms with Crippen LogP contribution in [0.2, 0.25) is 0 Å². The second-order valence-electron chi connectivity index (χ2n) is 3.16. The van der Waals surface area contributed by atoms with E-state index in [0.29, 0.717) is 0 Å². The number of carbonyl (C=O) groups is 1. The largest absolute Gasteiger partial charge is 0.299 e. The predicted molar refractivity (Wildman–Crippen MR) is 61.3 cm³/mol. The van der Waals surface area contributed by atoms with Gasteiger partial charge in [-0.2, -0.15) is 0 Å². The molecule has 0 aromatic carbocycles. The lowest BCUT2D eigenvalue weighted by Gasteiger charge is -1.97. The molecule has 0 spiro atoms. The van der Waals surface area contributed by atoms with Gasteiger partial charge in [-0.05, 0) is 25.3 Å². The third kappa shape index (κ3) is 11.9. The molecular weight excluding hydrogens is 228 g/mol. The predicted octanol–water partition coefficient (Wildman–Crippen LogP) is 3.87. The molecule has 0 radical (unpaired) electrons. The Morgan fingerprint density at radius 2 is 1.54 bits per heavy atom. The summed E-state index contributed by atoms with van der Waals surface area (Å²) in [5, 5.41) is 1.13. The Morgan fingerprint density at radius 3 is 2.15 bits per heavy atom. The van der Waals surface area contributed by atoms with Crippen LogP contribution in [0, 0.1) is 0 Å². The average Bonchev–Trinajstić information content (AvgIpc) is 2.16. The highest BCUT2D eigenvalue weighted by Gasteiger charge is 1.89. The van der Waals surface area contributed by atoms with Crippen molar-refractivity contribution in [3.05, 3.63) is 12.2 Å². The molecule has 0 atom stereocenters. The second-order valence-corrected chi connectivity index (χ2v) is 3.96. The maximum Gasteiger partial charge on any atom is 0.142 e. The number of hydrogen-bond acceptors (Lipinski definition) is 1. The Bertz CT molecular complexity index is 132. The van der Waals surface area contributed by atoms with Gasteiger partial charge in [-0.1, -0.05) is 47.7 Å². The summed E-state index contributed by atoms with van der Waals surface area (Å²) in [6.45, 7) is 0. The quantitative estimate of drug-likeness (QED) is 0.261. The molecule has 0 N–H and O–H groups in total. The molecule has 0 aromatic rings. The minimum atomic E-state index is 0.843. The van der Waals surface area contributed by atoms with Crippen molar-refractivity contribution in [1.82, 2.24) is 0 Å². The van der Waals surface area contributed by atoms with Gasteiger partial charge in [0.2, 0.25) is 0 Å².